The molecule has 0 spiro atoms. The number of carboxylic acids is 1. The van der Waals surface area contributed by atoms with Crippen LogP contribution in [0.1, 0.15) is 32.7 Å². The average Bonchev–Trinajstić information content (AvgIpc) is 2.80. The normalized spacial score (nSPS) is 13.2. The summed E-state index contributed by atoms with van der Waals surface area (Å²) in [5.41, 5.74) is 5.69. The second kappa shape index (κ2) is 10.9. The zero-order chi connectivity index (χ0) is 28.2. The van der Waals surface area contributed by atoms with Crippen LogP contribution in [0.4, 0.5) is 18.9 Å². The van der Waals surface area contributed by atoms with Crippen LogP contribution in [0.2, 0.25) is 0 Å². The Labute approximate surface area is 210 Å². The third-order valence-corrected chi connectivity index (χ3v) is 4.81. The van der Waals surface area contributed by atoms with Crippen molar-refractivity contribution < 1.29 is 56.5 Å². The van der Waals surface area contributed by atoms with Gasteiger partial charge in [0.2, 0.25) is 0 Å². The zero-order valence-electron chi connectivity index (χ0n) is 18.9. The maximum atomic E-state index is 12.9. The van der Waals surface area contributed by atoms with E-state index in [1.807, 2.05) is 5.32 Å². The summed E-state index contributed by atoms with van der Waals surface area (Å²) >= 11 is 0. The maximum Gasteiger partial charge on any atom is 0.491 e. The van der Waals surface area contributed by atoms with E-state index in [4.69, 9.17) is 20.6 Å². The number of nitrogens with two attached hydrogens (primary N) is 1. The number of carboxylic acid groups (broad SMARTS) is 1. The van der Waals surface area contributed by atoms with E-state index in [0.717, 1.165) is 0 Å². The van der Waals surface area contributed by atoms with Gasteiger partial charge in [-0.3, -0.25) is 15.0 Å². The molecule has 0 saturated carbocycles. The molecule has 1 amide bonds. The summed E-state index contributed by atoms with van der Waals surface area (Å²) in [6.07, 6.45) is -6.80. The van der Waals surface area contributed by atoms with Crippen LogP contribution < -0.4 is 25.8 Å². The number of ether oxygens (including phenoxy) is 3. The summed E-state index contributed by atoms with van der Waals surface area (Å²) < 4.78 is 51.4. The highest BCUT2D eigenvalue weighted by atomic mass is 19.4. The lowest BCUT2D eigenvalue weighted by Gasteiger charge is -2.21. The van der Waals surface area contributed by atoms with Crippen LogP contribution in [-0.2, 0) is 25.7 Å². The van der Waals surface area contributed by atoms with E-state index in [1.54, 1.807) is 0 Å². The highest BCUT2D eigenvalue weighted by Gasteiger charge is 2.43. The minimum atomic E-state index is -5.49. The number of rotatable bonds is 6. The summed E-state index contributed by atoms with van der Waals surface area (Å²) in [6, 6.07) is 5.95. The summed E-state index contributed by atoms with van der Waals surface area (Å²) in [5.74, 6) is -9.36. The molecule has 2 aromatic rings. The molecular formula is C22H17F3N4O9. The lowest BCUT2D eigenvalue weighted by Crippen LogP contribution is -2.43. The predicted molar refractivity (Wildman–Crippen MR) is 118 cm³/mol. The monoisotopic (exact) mass is 538 g/mol. The van der Waals surface area contributed by atoms with Gasteiger partial charge >= 0.3 is 30.1 Å². The zero-order valence-corrected chi connectivity index (χ0v) is 18.9. The Kier molecular flexibility index (Phi) is 7.84. The largest absolute Gasteiger partial charge is 0.491 e. The Morgan fingerprint density at radius 3 is 2.53 bits per heavy atom. The van der Waals surface area contributed by atoms with Gasteiger partial charge in [-0.05, 0) is 30.3 Å². The second-order valence-corrected chi connectivity index (χ2v) is 7.55. The van der Waals surface area contributed by atoms with Crippen molar-refractivity contribution in [3.8, 4) is 11.5 Å². The molecular weight excluding hydrogens is 521 g/mol. The molecule has 0 aliphatic carbocycles. The molecule has 0 unspecified atom stereocenters. The molecule has 1 atom stereocenters. The van der Waals surface area contributed by atoms with Crippen molar-refractivity contribution in [2.24, 2.45) is 5.73 Å². The van der Waals surface area contributed by atoms with Gasteiger partial charge in [-0.2, -0.15) is 13.2 Å². The Balaban J connectivity index is 1.82. The first-order valence-electron chi connectivity index (χ1n) is 10.3. The van der Waals surface area contributed by atoms with Crippen molar-refractivity contribution in [2.45, 2.75) is 25.2 Å². The fourth-order valence-electron chi connectivity index (χ4n) is 3.18. The maximum absolute atomic E-state index is 12.9. The minimum absolute atomic E-state index is 0.109. The molecule has 1 aliphatic heterocycles. The lowest BCUT2D eigenvalue weighted by atomic mass is 10.1. The van der Waals surface area contributed by atoms with Gasteiger partial charge in [0.05, 0.1) is 17.5 Å². The number of fused-ring (bicyclic) bond motifs is 2. The van der Waals surface area contributed by atoms with Crippen LogP contribution >= 0.6 is 0 Å². The Morgan fingerprint density at radius 2 is 1.89 bits per heavy atom. The number of aliphatic carboxylic acids is 1. The lowest BCUT2D eigenvalue weighted by molar-refractivity contribution is -0.202. The van der Waals surface area contributed by atoms with Gasteiger partial charge in [-0.1, -0.05) is 6.07 Å². The van der Waals surface area contributed by atoms with E-state index >= 15 is 0 Å². The Bertz CT molecular complexity index is 1340. The molecule has 1 heterocycles. The number of carbonyl (C=O) groups excluding carboxylic acids is 4. The molecule has 0 saturated heterocycles. The molecule has 38 heavy (non-hydrogen) atoms. The number of carbonyl (C=O) groups is 5. The third kappa shape index (κ3) is 6.54. The first-order valence-corrected chi connectivity index (χ1v) is 10.3. The molecule has 0 aromatic heterocycles. The van der Waals surface area contributed by atoms with Gasteiger partial charge in [0, 0.05) is 11.3 Å². The van der Waals surface area contributed by atoms with Gasteiger partial charge in [0.15, 0.2) is 17.5 Å². The molecule has 0 fully saturated rings. The van der Waals surface area contributed by atoms with Crippen molar-refractivity contribution >= 4 is 41.4 Å². The van der Waals surface area contributed by atoms with Crippen LogP contribution in [-0.4, -0.2) is 53.1 Å². The smallest absolute Gasteiger partial charge is 0.484 e. The highest BCUT2D eigenvalue weighted by molar-refractivity contribution is 6.02. The van der Waals surface area contributed by atoms with Gasteiger partial charge in [-0.25, -0.2) is 14.4 Å². The Morgan fingerprint density at radius 1 is 1.18 bits per heavy atom. The average molecular weight is 538 g/mol. The van der Waals surface area contributed by atoms with E-state index in [0.29, 0.717) is 5.69 Å². The molecule has 16 heteroatoms. The fraction of sp³-hybridized carbons (Fsp3) is 0.182. The van der Waals surface area contributed by atoms with Crippen LogP contribution in [0.5, 0.6) is 11.5 Å². The van der Waals surface area contributed by atoms with E-state index in [-0.39, 0.29) is 40.8 Å². The molecule has 2 aromatic carbocycles. The van der Waals surface area contributed by atoms with Crippen LogP contribution in [0.3, 0.4) is 0 Å². The van der Waals surface area contributed by atoms with Crippen molar-refractivity contribution in [3.05, 3.63) is 53.1 Å². The summed E-state index contributed by atoms with van der Waals surface area (Å²) in [4.78, 5) is 59.5. The number of esters is 3. The van der Waals surface area contributed by atoms with Crippen LogP contribution in [0.25, 0.3) is 0 Å². The quantitative estimate of drug-likeness (QED) is 0.116. The minimum Gasteiger partial charge on any atom is -0.484 e. The standard InChI is InChI=1S/C22H17F3N4O9/c23-22(24,25)20(35)38-15(30)7-13(18(32)33)29-17(31)12-2-1-3-14-16(12)36-8-9-6-10(28-21(26)27)4-5-11(9)19(34)37-14/h1-6,13H,7-8H2,(H,29,31)(H,32,33)(H4,26,27,28)/t13-/m0/s1. The van der Waals surface area contributed by atoms with Gasteiger partial charge in [0.1, 0.15) is 12.6 Å². The second-order valence-electron chi connectivity index (χ2n) is 7.55. The van der Waals surface area contributed by atoms with E-state index < -0.39 is 48.4 Å². The molecule has 200 valence electrons. The first-order chi connectivity index (χ1) is 17.8. The van der Waals surface area contributed by atoms with Crippen LogP contribution in [0, 0.1) is 5.41 Å². The Hall–Kier alpha value is -5.15. The van der Waals surface area contributed by atoms with Crippen molar-refractivity contribution in [2.75, 3.05) is 5.32 Å². The topological polar surface area (TPSA) is 207 Å². The summed E-state index contributed by atoms with van der Waals surface area (Å²) in [5, 5.41) is 21.1. The molecule has 6 N–H and O–H groups in total. The number of benzene rings is 2. The number of alkyl halides is 3. The van der Waals surface area contributed by atoms with Crippen LogP contribution in [0.15, 0.2) is 36.4 Å². The predicted octanol–water partition coefficient (Wildman–Crippen LogP) is 1.31. The number of para-hydroxylation sites is 1. The van der Waals surface area contributed by atoms with Gasteiger partial charge in [-0.15, -0.1) is 0 Å². The first kappa shape index (κ1) is 27.4. The van der Waals surface area contributed by atoms with E-state index in [1.165, 1.54) is 36.4 Å². The number of nitrogens with one attached hydrogen (secondary N) is 3. The van der Waals surface area contributed by atoms with E-state index in [2.05, 4.69) is 10.1 Å². The molecule has 0 radical (unpaired) electrons. The van der Waals surface area contributed by atoms with Crippen molar-refractivity contribution in [1.29, 1.82) is 5.41 Å². The summed E-state index contributed by atoms with van der Waals surface area (Å²) in [6.45, 7) is -0.288. The van der Waals surface area contributed by atoms with Crippen molar-refractivity contribution in [1.82, 2.24) is 5.32 Å². The number of hydrogen-bond acceptors (Lipinski definition) is 9. The number of hydrogen-bond donors (Lipinski definition) is 5. The fourth-order valence-corrected chi connectivity index (χ4v) is 3.18. The van der Waals surface area contributed by atoms with Gasteiger partial charge in [0.25, 0.3) is 5.91 Å². The highest BCUT2D eigenvalue weighted by Crippen LogP contribution is 2.35. The van der Waals surface area contributed by atoms with E-state index in [9.17, 15) is 42.3 Å². The molecule has 3 rings (SSSR count). The SMILES string of the molecule is N=C(N)Nc1ccc2c(c1)COc1c(cccc1C(=O)N[C@@H](CC(=O)OC(=O)C(F)(F)F)C(=O)O)OC2=O. The molecule has 13 nitrogen and oxygen atoms in total. The molecule has 0 bridgehead atoms. The number of halogens is 3. The van der Waals surface area contributed by atoms with Crippen molar-refractivity contribution in [3.63, 3.8) is 0 Å². The number of anilines is 1. The van der Waals surface area contributed by atoms with Gasteiger partial charge < -0.3 is 35.7 Å². The number of amides is 1. The summed E-state index contributed by atoms with van der Waals surface area (Å²) in [7, 11) is 0. The molecule has 1 aliphatic rings. The number of guanidine groups is 1. The third-order valence-electron chi connectivity index (χ3n) is 4.81.